The first-order valence-corrected chi connectivity index (χ1v) is 9.33. The van der Waals surface area contributed by atoms with E-state index in [1.807, 2.05) is 0 Å². The van der Waals surface area contributed by atoms with Gasteiger partial charge in [-0.15, -0.1) is 0 Å². The molecule has 0 bridgehead atoms. The van der Waals surface area contributed by atoms with Gasteiger partial charge in [0, 0.05) is 25.7 Å². The van der Waals surface area contributed by atoms with E-state index >= 15 is 0 Å². The Kier molecular flexibility index (Phi) is 7.00. The first kappa shape index (κ1) is 17.6. The van der Waals surface area contributed by atoms with E-state index in [-0.39, 0.29) is 6.03 Å². The van der Waals surface area contributed by atoms with Gasteiger partial charge in [-0.05, 0) is 50.6 Å². The fraction of sp³-hybridized carbons (Fsp3) is 0.944. The number of likely N-dealkylation sites (tertiary alicyclic amines) is 2. The lowest BCUT2D eigenvalue weighted by Crippen LogP contribution is -2.51. The normalized spacial score (nSPS) is 25.3. The molecule has 2 amide bonds. The van der Waals surface area contributed by atoms with Gasteiger partial charge in [-0.3, -0.25) is 0 Å². The molecule has 2 fully saturated rings. The van der Waals surface area contributed by atoms with E-state index in [1.54, 1.807) is 0 Å². The third-order valence-corrected chi connectivity index (χ3v) is 5.14. The molecule has 0 saturated carbocycles. The van der Waals surface area contributed by atoms with Crippen LogP contribution in [0.25, 0.3) is 0 Å². The Morgan fingerprint density at radius 2 is 1.82 bits per heavy atom. The molecule has 4 nitrogen and oxygen atoms in total. The highest BCUT2D eigenvalue weighted by molar-refractivity contribution is 5.74. The van der Waals surface area contributed by atoms with Crippen LogP contribution in [-0.2, 0) is 0 Å². The summed E-state index contributed by atoms with van der Waals surface area (Å²) in [6.45, 7) is 11.8. The molecule has 0 radical (unpaired) electrons. The van der Waals surface area contributed by atoms with Crippen molar-refractivity contribution in [1.82, 2.24) is 15.1 Å². The second kappa shape index (κ2) is 8.76. The summed E-state index contributed by atoms with van der Waals surface area (Å²) in [7, 11) is 0. The van der Waals surface area contributed by atoms with E-state index < -0.39 is 0 Å². The van der Waals surface area contributed by atoms with Crippen LogP contribution in [0, 0.1) is 11.8 Å². The molecule has 1 unspecified atom stereocenters. The lowest BCUT2D eigenvalue weighted by atomic mass is 9.98. The van der Waals surface area contributed by atoms with Crippen LogP contribution in [0.3, 0.4) is 0 Å². The fourth-order valence-electron chi connectivity index (χ4n) is 3.57. The summed E-state index contributed by atoms with van der Waals surface area (Å²) < 4.78 is 0. The van der Waals surface area contributed by atoms with E-state index in [1.165, 1.54) is 45.2 Å². The maximum Gasteiger partial charge on any atom is 0.317 e. The number of piperidine rings is 1. The second-order valence-corrected chi connectivity index (χ2v) is 7.76. The molecule has 0 aromatic rings. The number of hydrogen-bond donors (Lipinski definition) is 1. The van der Waals surface area contributed by atoms with Gasteiger partial charge >= 0.3 is 6.03 Å². The monoisotopic (exact) mass is 309 g/mol. The van der Waals surface area contributed by atoms with Crippen molar-refractivity contribution >= 4 is 6.03 Å². The van der Waals surface area contributed by atoms with E-state index in [0.717, 1.165) is 32.0 Å². The van der Waals surface area contributed by atoms with E-state index in [2.05, 4.69) is 35.9 Å². The maximum absolute atomic E-state index is 12.6. The van der Waals surface area contributed by atoms with Crippen LogP contribution in [0.15, 0.2) is 0 Å². The van der Waals surface area contributed by atoms with Crippen LogP contribution in [0.4, 0.5) is 4.79 Å². The Bertz CT molecular complexity index is 337. The van der Waals surface area contributed by atoms with Crippen molar-refractivity contribution in [3.05, 3.63) is 0 Å². The SMILES string of the molecule is CC(C)CNC(=O)N1CCCCCC1CN1CCC(C)CC1. The van der Waals surface area contributed by atoms with Gasteiger partial charge in [0.15, 0.2) is 0 Å². The predicted molar refractivity (Wildman–Crippen MR) is 92.0 cm³/mol. The quantitative estimate of drug-likeness (QED) is 0.864. The van der Waals surface area contributed by atoms with Gasteiger partial charge in [-0.2, -0.15) is 0 Å². The summed E-state index contributed by atoms with van der Waals surface area (Å²) in [5.41, 5.74) is 0. The van der Waals surface area contributed by atoms with Crippen LogP contribution in [0.5, 0.6) is 0 Å². The van der Waals surface area contributed by atoms with E-state index in [9.17, 15) is 4.79 Å². The van der Waals surface area contributed by atoms with Crippen LogP contribution >= 0.6 is 0 Å². The molecule has 0 aliphatic carbocycles. The van der Waals surface area contributed by atoms with Crippen molar-refractivity contribution < 1.29 is 4.79 Å². The summed E-state index contributed by atoms with van der Waals surface area (Å²) in [4.78, 5) is 17.3. The predicted octanol–water partition coefficient (Wildman–Crippen LogP) is 3.33. The summed E-state index contributed by atoms with van der Waals surface area (Å²) in [5, 5.41) is 3.12. The van der Waals surface area contributed by atoms with Crippen LogP contribution in [0.1, 0.15) is 59.3 Å². The van der Waals surface area contributed by atoms with Crippen LogP contribution < -0.4 is 5.32 Å². The Morgan fingerprint density at radius 3 is 2.50 bits per heavy atom. The Balaban J connectivity index is 1.90. The number of rotatable bonds is 4. The Morgan fingerprint density at radius 1 is 1.09 bits per heavy atom. The molecule has 2 rings (SSSR count). The molecule has 4 heteroatoms. The minimum absolute atomic E-state index is 0.158. The number of hydrogen-bond acceptors (Lipinski definition) is 2. The molecule has 2 aliphatic heterocycles. The van der Waals surface area contributed by atoms with Gasteiger partial charge in [0.2, 0.25) is 0 Å². The standard InChI is InChI=1S/C18H35N3O/c1-15(2)13-19-18(22)21-10-6-4-5-7-17(21)14-20-11-8-16(3)9-12-20/h15-17H,4-14H2,1-3H3,(H,19,22). The molecule has 2 saturated heterocycles. The minimum Gasteiger partial charge on any atom is -0.338 e. The summed E-state index contributed by atoms with van der Waals surface area (Å²) in [6, 6.07) is 0.564. The van der Waals surface area contributed by atoms with Gasteiger partial charge in [-0.1, -0.05) is 33.6 Å². The second-order valence-electron chi connectivity index (χ2n) is 7.76. The maximum atomic E-state index is 12.6. The number of nitrogens with one attached hydrogen (secondary N) is 1. The van der Waals surface area contributed by atoms with E-state index in [4.69, 9.17) is 0 Å². The smallest absolute Gasteiger partial charge is 0.317 e. The molecule has 1 atom stereocenters. The topological polar surface area (TPSA) is 35.6 Å². The Labute approximate surface area is 136 Å². The first-order chi connectivity index (χ1) is 10.6. The van der Waals surface area contributed by atoms with Crippen molar-refractivity contribution in [1.29, 1.82) is 0 Å². The number of amides is 2. The zero-order valence-electron chi connectivity index (χ0n) is 14.8. The average molecular weight is 309 g/mol. The highest BCUT2D eigenvalue weighted by Gasteiger charge is 2.28. The first-order valence-electron chi connectivity index (χ1n) is 9.33. The molecule has 0 aromatic carbocycles. The molecular weight excluding hydrogens is 274 g/mol. The molecule has 0 spiro atoms. The van der Waals surface area contributed by atoms with Crippen LogP contribution in [-0.4, -0.2) is 54.6 Å². The lowest BCUT2D eigenvalue weighted by Gasteiger charge is -2.37. The van der Waals surface area contributed by atoms with Gasteiger partial charge in [0.05, 0.1) is 0 Å². The molecule has 128 valence electrons. The number of urea groups is 1. The lowest BCUT2D eigenvalue weighted by molar-refractivity contribution is 0.123. The van der Waals surface area contributed by atoms with Gasteiger partial charge in [0.1, 0.15) is 0 Å². The third kappa shape index (κ3) is 5.45. The third-order valence-electron chi connectivity index (χ3n) is 5.14. The molecule has 22 heavy (non-hydrogen) atoms. The van der Waals surface area contributed by atoms with Gasteiger partial charge in [0.25, 0.3) is 0 Å². The molecule has 2 heterocycles. The number of nitrogens with zero attached hydrogens (tertiary/aromatic N) is 2. The summed E-state index contributed by atoms with van der Waals surface area (Å²) >= 11 is 0. The van der Waals surface area contributed by atoms with Crippen LogP contribution in [0.2, 0.25) is 0 Å². The average Bonchev–Trinajstić information content (AvgIpc) is 2.72. The largest absolute Gasteiger partial charge is 0.338 e. The summed E-state index contributed by atoms with van der Waals surface area (Å²) in [6.07, 6.45) is 7.48. The van der Waals surface area contributed by atoms with Crippen molar-refractivity contribution in [2.24, 2.45) is 11.8 Å². The number of carbonyl (C=O) groups is 1. The zero-order valence-corrected chi connectivity index (χ0v) is 14.8. The molecular formula is C18H35N3O. The fourth-order valence-corrected chi connectivity index (χ4v) is 3.57. The highest BCUT2D eigenvalue weighted by Crippen LogP contribution is 2.21. The summed E-state index contributed by atoms with van der Waals surface area (Å²) in [5.74, 6) is 1.38. The van der Waals surface area contributed by atoms with Crippen molar-refractivity contribution in [2.75, 3.05) is 32.7 Å². The van der Waals surface area contributed by atoms with Gasteiger partial charge < -0.3 is 15.1 Å². The molecule has 0 aromatic heterocycles. The van der Waals surface area contributed by atoms with Crippen molar-refractivity contribution in [3.8, 4) is 0 Å². The van der Waals surface area contributed by atoms with E-state index in [0.29, 0.717) is 12.0 Å². The number of carbonyl (C=O) groups excluding carboxylic acids is 1. The molecule has 1 N–H and O–H groups in total. The minimum atomic E-state index is 0.158. The van der Waals surface area contributed by atoms with Gasteiger partial charge in [-0.25, -0.2) is 4.79 Å². The zero-order chi connectivity index (χ0) is 15.9. The molecule has 2 aliphatic rings. The van der Waals surface area contributed by atoms with Crippen molar-refractivity contribution in [3.63, 3.8) is 0 Å². The Hall–Kier alpha value is -0.770. The van der Waals surface area contributed by atoms with Crippen molar-refractivity contribution in [2.45, 2.75) is 65.3 Å². The highest BCUT2D eigenvalue weighted by atomic mass is 16.2.